The largest absolute Gasteiger partial charge is 0.325 e. The van der Waals surface area contributed by atoms with Gasteiger partial charge in [-0.25, -0.2) is 0 Å². The second-order valence-electron chi connectivity index (χ2n) is 4.96. The Balaban J connectivity index is 1.86. The predicted molar refractivity (Wildman–Crippen MR) is 85.0 cm³/mol. The summed E-state index contributed by atoms with van der Waals surface area (Å²) in [4.78, 5) is 25.5. The van der Waals surface area contributed by atoms with Gasteiger partial charge in [0.1, 0.15) is 0 Å². The highest BCUT2D eigenvalue weighted by Crippen LogP contribution is 2.34. The van der Waals surface area contributed by atoms with E-state index in [1.54, 1.807) is 17.8 Å². The van der Waals surface area contributed by atoms with Crippen molar-refractivity contribution in [2.24, 2.45) is 0 Å². The zero-order valence-electron chi connectivity index (χ0n) is 11.6. The second kappa shape index (κ2) is 5.74. The van der Waals surface area contributed by atoms with Gasteiger partial charge in [0, 0.05) is 16.9 Å². The summed E-state index contributed by atoms with van der Waals surface area (Å²) >= 11 is 1.58. The number of ketones is 1. The van der Waals surface area contributed by atoms with Gasteiger partial charge in [0.15, 0.2) is 5.78 Å². The maximum absolute atomic E-state index is 12.5. The molecule has 3 rings (SSSR count). The number of fused-ring (bicyclic) bond motifs is 1. The fourth-order valence-electron chi connectivity index (χ4n) is 2.66. The van der Waals surface area contributed by atoms with Gasteiger partial charge in [-0.1, -0.05) is 36.4 Å². The van der Waals surface area contributed by atoms with Crippen LogP contribution < -0.4 is 5.32 Å². The minimum atomic E-state index is -0.386. The Hall–Kier alpha value is -2.07. The zero-order chi connectivity index (χ0) is 14.8. The number of nitrogens with one attached hydrogen (secondary N) is 1. The first-order chi connectivity index (χ1) is 10.2. The monoisotopic (exact) mass is 297 g/mol. The number of carbonyl (C=O) groups excluding carboxylic acids is 2. The van der Waals surface area contributed by atoms with E-state index in [0.717, 1.165) is 16.1 Å². The van der Waals surface area contributed by atoms with Gasteiger partial charge in [0.05, 0.1) is 11.6 Å². The Kier molecular flexibility index (Phi) is 3.80. The molecule has 0 unspecified atom stereocenters. The van der Waals surface area contributed by atoms with Crippen molar-refractivity contribution < 1.29 is 9.59 Å². The van der Waals surface area contributed by atoms with E-state index >= 15 is 0 Å². The Morgan fingerprint density at radius 3 is 2.67 bits per heavy atom. The Morgan fingerprint density at radius 1 is 1.14 bits per heavy atom. The molecule has 1 aliphatic rings. The van der Waals surface area contributed by atoms with E-state index < -0.39 is 0 Å². The van der Waals surface area contributed by atoms with Gasteiger partial charge in [0.25, 0.3) is 0 Å². The second-order valence-corrected chi connectivity index (χ2v) is 5.80. The van der Waals surface area contributed by atoms with Crippen LogP contribution in [0.2, 0.25) is 0 Å². The number of amides is 1. The highest BCUT2D eigenvalue weighted by Gasteiger charge is 2.34. The molecule has 1 amide bonds. The van der Waals surface area contributed by atoms with Crippen LogP contribution in [-0.4, -0.2) is 17.9 Å². The third kappa shape index (κ3) is 2.59. The molecule has 1 N–H and O–H groups in total. The number of para-hydroxylation sites is 1. The first-order valence-corrected chi connectivity index (χ1v) is 7.99. The number of carbonyl (C=O) groups is 2. The van der Waals surface area contributed by atoms with Gasteiger partial charge in [-0.05, 0) is 24.0 Å². The van der Waals surface area contributed by atoms with Crippen molar-refractivity contribution in [3.05, 3.63) is 59.7 Å². The van der Waals surface area contributed by atoms with Gasteiger partial charge in [0.2, 0.25) is 5.91 Å². The minimum Gasteiger partial charge on any atom is -0.325 e. The number of hydrogen-bond acceptors (Lipinski definition) is 3. The SMILES string of the molecule is CSc1ccccc1NC(=O)[C@@H]1CC(=O)c2ccccc21. The van der Waals surface area contributed by atoms with E-state index in [9.17, 15) is 9.59 Å². The fraction of sp³-hybridized carbons (Fsp3) is 0.176. The van der Waals surface area contributed by atoms with E-state index in [-0.39, 0.29) is 24.0 Å². The summed E-state index contributed by atoms with van der Waals surface area (Å²) in [7, 11) is 0. The van der Waals surface area contributed by atoms with Crippen molar-refractivity contribution in [1.29, 1.82) is 0 Å². The van der Waals surface area contributed by atoms with Crippen LogP contribution in [0.1, 0.15) is 28.3 Å². The van der Waals surface area contributed by atoms with Gasteiger partial charge in [-0.3, -0.25) is 9.59 Å². The maximum Gasteiger partial charge on any atom is 0.232 e. The molecule has 0 radical (unpaired) electrons. The van der Waals surface area contributed by atoms with Crippen LogP contribution in [0.4, 0.5) is 5.69 Å². The van der Waals surface area contributed by atoms with Gasteiger partial charge >= 0.3 is 0 Å². The summed E-state index contributed by atoms with van der Waals surface area (Å²) < 4.78 is 0. The van der Waals surface area contributed by atoms with Crippen LogP contribution >= 0.6 is 11.8 Å². The third-order valence-corrected chi connectivity index (χ3v) is 4.50. The van der Waals surface area contributed by atoms with Crippen molar-refractivity contribution in [3.8, 4) is 0 Å². The van der Waals surface area contributed by atoms with E-state index in [1.807, 2.05) is 48.7 Å². The van der Waals surface area contributed by atoms with Crippen molar-refractivity contribution >= 4 is 29.1 Å². The molecule has 1 aliphatic carbocycles. The third-order valence-electron chi connectivity index (χ3n) is 3.71. The number of hydrogen-bond donors (Lipinski definition) is 1. The first-order valence-electron chi connectivity index (χ1n) is 6.76. The summed E-state index contributed by atoms with van der Waals surface area (Å²) in [5, 5.41) is 2.95. The highest BCUT2D eigenvalue weighted by molar-refractivity contribution is 7.98. The molecule has 0 aromatic heterocycles. The summed E-state index contributed by atoms with van der Waals surface area (Å²) in [6.45, 7) is 0. The lowest BCUT2D eigenvalue weighted by Gasteiger charge is -2.13. The maximum atomic E-state index is 12.5. The normalized spacial score (nSPS) is 16.6. The number of anilines is 1. The number of benzene rings is 2. The molecule has 2 aromatic carbocycles. The fourth-order valence-corrected chi connectivity index (χ4v) is 3.22. The van der Waals surface area contributed by atoms with Crippen LogP contribution in [0.15, 0.2) is 53.4 Å². The average molecular weight is 297 g/mol. The molecule has 0 bridgehead atoms. The Bertz CT molecular complexity index is 711. The van der Waals surface area contributed by atoms with Gasteiger partial charge in [-0.2, -0.15) is 0 Å². The predicted octanol–water partition coefficient (Wildman–Crippen LogP) is 3.72. The standard InChI is InChI=1S/C17H15NO2S/c1-21-16-9-5-4-8-14(16)18-17(20)13-10-15(19)12-7-3-2-6-11(12)13/h2-9,13H,10H2,1H3,(H,18,20)/t13-/m1/s1. The molecule has 21 heavy (non-hydrogen) atoms. The lowest BCUT2D eigenvalue weighted by atomic mass is 10.0. The van der Waals surface area contributed by atoms with E-state index in [1.165, 1.54) is 0 Å². The molecule has 0 fully saturated rings. The lowest BCUT2D eigenvalue weighted by Crippen LogP contribution is -2.20. The zero-order valence-corrected chi connectivity index (χ0v) is 12.4. The lowest BCUT2D eigenvalue weighted by molar-refractivity contribution is -0.117. The van der Waals surface area contributed by atoms with Gasteiger partial charge in [-0.15, -0.1) is 11.8 Å². The quantitative estimate of drug-likeness (QED) is 0.878. The van der Waals surface area contributed by atoms with Crippen LogP contribution in [0.25, 0.3) is 0 Å². The smallest absolute Gasteiger partial charge is 0.232 e. The molecule has 106 valence electrons. The molecule has 2 aromatic rings. The van der Waals surface area contributed by atoms with Crippen molar-refractivity contribution in [2.75, 3.05) is 11.6 Å². The molecule has 1 atom stereocenters. The molecule has 0 heterocycles. The molecule has 0 spiro atoms. The average Bonchev–Trinajstić information content (AvgIpc) is 2.86. The van der Waals surface area contributed by atoms with E-state index in [4.69, 9.17) is 0 Å². The van der Waals surface area contributed by atoms with Crippen LogP contribution in [0, 0.1) is 0 Å². The molecule has 0 saturated carbocycles. The molecule has 3 nitrogen and oxygen atoms in total. The van der Waals surface area contributed by atoms with Crippen molar-refractivity contribution in [3.63, 3.8) is 0 Å². The highest BCUT2D eigenvalue weighted by atomic mass is 32.2. The number of thioether (sulfide) groups is 1. The van der Waals surface area contributed by atoms with E-state index in [2.05, 4.69) is 5.32 Å². The van der Waals surface area contributed by atoms with Crippen molar-refractivity contribution in [2.45, 2.75) is 17.2 Å². The summed E-state index contributed by atoms with van der Waals surface area (Å²) in [6, 6.07) is 15.0. The van der Waals surface area contributed by atoms with Crippen LogP contribution in [-0.2, 0) is 4.79 Å². The molecule has 4 heteroatoms. The van der Waals surface area contributed by atoms with E-state index in [0.29, 0.717) is 5.56 Å². The topological polar surface area (TPSA) is 46.2 Å². The van der Waals surface area contributed by atoms with Gasteiger partial charge < -0.3 is 5.32 Å². The minimum absolute atomic E-state index is 0.0453. The summed E-state index contributed by atoms with van der Waals surface area (Å²) in [5.74, 6) is -0.456. The molecule has 0 saturated heterocycles. The Labute approximate surface area is 127 Å². The van der Waals surface area contributed by atoms with Crippen molar-refractivity contribution in [1.82, 2.24) is 0 Å². The first kappa shape index (κ1) is 13.9. The summed E-state index contributed by atoms with van der Waals surface area (Å²) in [6.07, 6.45) is 2.23. The molecular formula is C17H15NO2S. The summed E-state index contributed by atoms with van der Waals surface area (Å²) in [5.41, 5.74) is 2.31. The number of Topliss-reactive ketones (excluding diaryl/α,β-unsaturated/α-hetero) is 1. The van der Waals surface area contributed by atoms with Crippen LogP contribution in [0.5, 0.6) is 0 Å². The Morgan fingerprint density at radius 2 is 1.86 bits per heavy atom. The van der Waals surface area contributed by atoms with Crippen LogP contribution in [0.3, 0.4) is 0 Å². The number of rotatable bonds is 3. The molecular weight excluding hydrogens is 282 g/mol. The molecule has 0 aliphatic heterocycles.